The largest absolute Gasteiger partial charge is 0.490 e. The summed E-state index contributed by atoms with van der Waals surface area (Å²) >= 11 is 18.1. The second-order valence-corrected chi connectivity index (χ2v) is 8.17. The summed E-state index contributed by atoms with van der Waals surface area (Å²) in [5, 5.41) is 7.60. The first-order chi connectivity index (χ1) is 15.4. The zero-order valence-corrected chi connectivity index (χ0v) is 19.9. The molecule has 3 aromatic carbocycles. The molecule has 0 aromatic heterocycles. The molecule has 8 heteroatoms. The summed E-state index contributed by atoms with van der Waals surface area (Å²) in [6, 6.07) is 16.2. The average molecular weight is 494 g/mol. The van der Waals surface area contributed by atoms with Crippen molar-refractivity contribution in [1.29, 1.82) is 0 Å². The predicted molar refractivity (Wildman–Crippen MR) is 132 cm³/mol. The van der Waals surface area contributed by atoms with E-state index in [4.69, 9.17) is 44.3 Å². The highest BCUT2D eigenvalue weighted by molar-refractivity contribution is 6.42. The third-order valence-corrected chi connectivity index (χ3v) is 5.77. The van der Waals surface area contributed by atoms with Crippen LogP contribution in [0, 0.1) is 6.92 Å². The quantitative estimate of drug-likeness (QED) is 0.337. The van der Waals surface area contributed by atoms with Crippen LogP contribution in [0.25, 0.3) is 0 Å². The van der Waals surface area contributed by atoms with Crippen LogP contribution in [0.4, 0.5) is 11.4 Å². The van der Waals surface area contributed by atoms with Gasteiger partial charge in [0.2, 0.25) is 0 Å². The van der Waals surface area contributed by atoms with Crippen LogP contribution in [0.3, 0.4) is 0 Å². The van der Waals surface area contributed by atoms with Crippen LogP contribution in [-0.2, 0) is 11.3 Å². The van der Waals surface area contributed by atoms with E-state index >= 15 is 0 Å². The Hall–Kier alpha value is -2.60. The number of ether oxygens (including phenoxy) is 2. The van der Waals surface area contributed by atoms with Gasteiger partial charge in [0, 0.05) is 22.9 Å². The third-order valence-electron chi connectivity index (χ3n) is 4.62. The van der Waals surface area contributed by atoms with E-state index < -0.39 is 0 Å². The lowest BCUT2D eigenvalue weighted by Gasteiger charge is -2.15. The smallest absolute Gasteiger partial charge is 0.262 e. The molecular weight excluding hydrogens is 471 g/mol. The number of anilines is 2. The van der Waals surface area contributed by atoms with E-state index in [1.54, 1.807) is 24.3 Å². The molecule has 0 saturated heterocycles. The van der Waals surface area contributed by atoms with E-state index in [0.717, 1.165) is 16.8 Å². The van der Waals surface area contributed by atoms with Gasteiger partial charge in [0.1, 0.15) is 0 Å². The highest BCUT2D eigenvalue weighted by atomic mass is 35.5. The first-order valence-electron chi connectivity index (χ1n) is 9.99. The number of amides is 1. The predicted octanol–water partition coefficient (Wildman–Crippen LogP) is 6.98. The summed E-state index contributed by atoms with van der Waals surface area (Å²) in [5.41, 5.74) is 3.50. The van der Waals surface area contributed by atoms with Gasteiger partial charge in [-0.25, -0.2) is 0 Å². The third kappa shape index (κ3) is 6.45. The van der Waals surface area contributed by atoms with Gasteiger partial charge < -0.3 is 20.1 Å². The zero-order valence-electron chi connectivity index (χ0n) is 17.7. The van der Waals surface area contributed by atoms with Gasteiger partial charge in [-0.3, -0.25) is 4.79 Å². The fourth-order valence-corrected chi connectivity index (χ4v) is 3.43. The van der Waals surface area contributed by atoms with Gasteiger partial charge in [-0.15, -0.1) is 0 Å². The molecule has 2 N–H and O–H groups in total. The lowest BCUT2D eigenvalue weighted by Crippen LogP contribution is -2.20. The number of rotatable bonds is 9. The van der Waals surface area contributed by atoms with Gasteiger partial charge in [-0.2, -0.15) is 0 Å². The Kier molecular flexibility index (Phi) is 8.51. The van der Waals surface area contributed by atoms with E-state index in [1.807, 2.05) is 44.2 Å². The van der Waals surface area contributed by atoms with Gasteiger partial charge in [0.15, 0.2) is 18.1 Å². The molecule has 0 unspecified atom stereocenters. The van der Waals surface area contributed by atoms with E-state index in [9.17, 15) is 4.79 Å². The topological polar surface area (TPSA) is 59.6 Å². The van der Waals surface area contributed by atoms with E-state index in [1.165, 1.54) is 0 Å². The molecule has 0 bridgehead atoms. The molecule has 1 amide bonds. The second-order valence-electron chi connectivity index (χ2n) is 6.95. The minimum Gasteiger partial charge on any atom is -0.490 e. The SMILES string of the molecule is CCOc1cc(CNc2cccc(Cl)c2C)ccc1OCC(=O)Nc1ccc(Cl)c(Cl)c1. The van der Waals surface area contributed by atoms with Crippen molar-refractivity contribution in [3.8, 4) is 11.5 Å². The first kappa shape index (κ1) is 24.1. The van der Waals surface area contributed by atoms with Crippen molar-refractivity contribution >= 4 is 52.1 Å². The van der Waals surface area contributed by atoms with Crippen LogP contribution in [0.2, 0.25) is 15.1 Å². The molecule has 0 saturated carbocycles. The number of nitrogens with one attached hydrogen (secondary N) is 2. The normalized spacial score (nSPS) is 10.5. The maximum Gasteiger partial charge on any atom is 0.262 e. The van der Waals surface area contributed by atoms with E-state index in [2.05, 4.69) is 10.6 Å². The molecule has 0 spiro atoms. The van der Waals surface area contributed by atoms with Crippen LogP contribution in [0.1, 0.15) is 18.1 Å². The Labute approximate surface area is 202 Å². The second kappa shape index (κ2) is 11.3. The van der Waals surface area contributed by atoms with Gasteiger partial charge in [0.25, 0.3) is 5.91 Å². The molecule has 0 aliphatic heterocycles. The molecule has 3 rings (SSSR count). The first-order valence-corrected chi connectivity index (χ1v) is 11.1. The summed E-state index contributed by atoms with van der Waals surface area (Å²) in [6.07, 6.45) is 0. The molecule has 0 aliphatic carbocycles. The fraction of sp³-hybridized carbons (Fsp3) is 0.208. The molecular formula is C24H23Cl3N2O3. The molecule has 0 aliphatic rings. The van der Waals surface area contributed by atoms with Crippen molar-refractivity contribution < 1.29 is 14.3 Å². The number of hydrogen-bond donors (Lipinski definition) is 2. The number of halogens is 3. The summed E-state index contributed by atoms with van der Waals surface area (Å²) in [6.45, 7) is 4.73. The van der Waals surface area contributed by atoms with E-state index in [0.29, 0.717) is 45.4 Å². The van der Waals surface area contributed by atoms with Crippen molar-refractivity contribution in [2.45, 2.75) is 20.4 Å². The van der Waals surface area contributed by atoms with Crippen LogP contribution < -0.4 is 20.1 Å². The maximum atomic E-state index is 12.3. The minimum atomic E-state index is -0.326. The van der Waals surface area contributed by atoms with Crippen LogP contribution >= 0.6 is 34.8 Å². The molecule has 5 nitrogen and oxygen atoms in total. The molecule has 0 radical (unpaired) electrons. The molecule has 0 fully saturated rings. The lowest BCUT2D eigenvalue weighted by atomic mass is 10.1. The van der Waals surface area contributed by atoms with Gasteiger partial charge in [0.05, 0.1) is 16.7 Å². The number of carbonyl (C=O) groups is 1. The van der Waals surface area contributed by atoms with Crippen molar-refractivity contribution in [2.75, 3.05) is 23.8 Å². The Morgan fingerprint density at radius 2 is 1.72 bits per heavy atom. The average Bonchev–Trinajstić information content (AvgIpc) is 2.77. The Morgan fingerprint density at radius 3 is 2.47 bits per heavy atom. The Morgan fingerprint density at radius 1 is 0.906 bits per heavy atom. The summed E-state index contributed by atoms with van der Waals surface area (Å²) in [5.74, 6) is 0.726. The molecule has 3 aromatic rings. The van der Waals surface area contributed by atoms with Crippen LogP contribution in [0.15, 0.2) is 54.6 Å². The van der Waals surface area contributed by atoms with Crippen molar-refractivity contribution in [3.05, 3.63) is 80.8 Å². The number of benzene rings is 3. The van der Waals surface area contributed by atoms with Crippen LogP contribution in [-0.4, -0.2) is 19.1 Å². The van der Waals surface area contributed by atoms with Crippen molar-refractivity contribution in [3.63, 3.8) is 0 Å². The zero-order chi connectivity index (χ0) is 23.1. The van der Waals surface area contributed by atoms with Gasteiger partial charge >= 0.3 is 0 Å². The number of carbonyl (C=O) groups excluding carboxylic acids is 1. The summed E-state index contributed by atoms with van der Waals surface area (Å²) in [7, 11) is 0. The highest BCUT2D eigenvalue weighted by Gasteiger charge is 2.11. The molecule has 0 heterocycles. The van der Waals surface area contributed by atoms with Gasteiger partial charge in [-0.1, -0.05) is 46.9 Å². The molecule has 168 valence electrons. The van der Waals surface area contributed by atoms with Crippen molar-refractivity contribution in [2.24, 2.45) is 0 Å². The molecule has 32 heavy (non-hydrogen) atoms. The fourth-order valence-electron chi connectivity index (χ4n) is 2.96. The number of hydrogen-bond acceptors (Lipinski definition) is 4. The maximum absolute atomic E-state index is 12.3. The van der Waals surface area contributed by atoms with Gasteiger partial charge in [-0.05, 0) is 67.4 Å². The standard InChI is InChI=1S/C24H23Cl3N2O3/c1-3-31-23-11-16(13-28-21-6-4-5-18(25)15(21)2)7-10-22(23)32-14-24(30)29-17-8-9-19(26)20(27)12-17/h4-12,28H,3,13-14H2,1-2H3,(H,29,30). The lowest BCUT2D eigenvalue weighted by molar-refractivity contribution is -0.118. The highest BCUT2D eigenvalue weighted by Crippen LogP contribution is 2.30. The summed E-state index contributed by atoms with van der Waals surface area (Å²) in [4.78, 5) is 12.3. The minimum absolute atomic E-state index is 0.181. The van der Waals surface area contributed by atoms with Crippen LogP contribution in [0.5, 0.6) is 11.5 Å². The molecule has 0 atom stereocenters. The Balaban J connectivity index is 1.62. The van der Waals surface area contributed by atoms with Crippen molar-refractivity contribution in [1.82, 2.24) is 0 Å². The monoisotopic (exact) mass is 492 g/mol. The Bertz CT molecular complexity index is 1110. The van der Waals surface area contributed by atoms with E-state index in [-0.39, 0.29) is 12.5 Å². The summed E-state index contributed by atoms with van der Waals surface area (Å²) < 4.78 is 11.4.